The second-order valence-corrected chi connectivity index (χ2v) is 7.96. The van der Waals surface area contributed by atoms with Crippen LogP contribution in [0.5, 0.6) is 0 Å². The minimum Gasteiger partial charge on any atom is -0.444 e. The van der Waals surface area contributed by atoms with Crippen molar-refractivity contribution in [3.05, 3.63) is 0 Å². The maximum Gasteiger partial charge on any atom is 0.410 e. The van der Waals surface area contributed by atoms with Crippen molar-refractivity contribution in [3.8, 4) is 0 Å². The van der Waals surface area contributed by atoms with E-state index in [2.05, 4.69) is 0 Å². The molecule has 2 aliphatic heterocycles. The van der Waals surface area contributed by atoms with Gasteiger partial charge in [0.2, 0.25) is 0 Å². The van der Waals surface area contributed by atoms with Gasteiger partial charge in [0.25, 0.3) is 0 Å². The first kappa shape index (κ1) is 15.7. The molecule has 0 aliphatic carbocycles. The largest absolute Gasteiger partial charge is 0.444 e. The van der Waals surface area contributed by atoms with E-state index in [1.165, 1.54) is 0 Å². The Morgan fingerprint density at radius 3 is 2.30 bits per heavy atom. The molecule has 1 unspecified atom stereocenters. The number of Topliss-reactive ketones (excluding diaryl/α,β-unsaturated/α-hetero) is 1. The summed E-state index contributed by atoms with van der Waals surface area (Å²) in [6.07, 6.45) is 3.52. The summed E-state index contributed by atoms with van der Waals surface area (Å²) in [4.78, 5) is 26.0. The van der Waals surface area contributed by atoms with Gasteiger partial charge in [-0.2, -0.15) is 11.8 Å². The first-order chi connectivity index (χ1) is 9.37. The number of ketones is 1. The molecule has 2 rings (SSSR count). The number of ether oxygens (including phenoxy) is 1. The Labute approximate surface area is 125 Å². The molecule has 4 nitrogen and oxygen atoms in total. The minimum atomic E-state index is -0.454. The Balaban J connectivity index is 1.80. The molecule has 2 saturated heterocycles. The molecule has 0 aromatic rings. The highest BCUT2D eigenvalue weighted by Gasteiger charge is 2.34. The molecule has 2 fully saturated rings. The predicted octanol–water partition coefficient (Wildman–Crippen LogP) is 3.10. The van der Waals surface area contributed by atoms with Crippen LogP contribution in [0, 0.1) is 5.92 Å². The molecule has 0 N–H and O–H groups in total. The Morgan fingerprint density at radius 2 is 1.80 bits per heavy atom. The maximum absolute atomic E-state index is 12.4. The zero-order valence-corrected chi connectivity index (χ0v) is 13.5. The van der Waals surface area contributed by atoms with E-state index < -0.39 is 5.60 Å². The summed E-state index contributed by atoms with van der Waals surface area (Å²) in [5.74, 6) is 1.67. The molecule has 0 saturated carbocycles. The first-order valence-corrected chi connectivity index (χ1v) is 8.55. The van der Waals surface area contributed by atoms with Crippen molar-refractivity contribution in [1.29, 1.82) is 0 Å². The zero-order chi connectivity index (χ0) is 14.8. The van der Waals surface area contributed by atoms with Crippen molar-refractivity contribution in [2.75, 3.05) is 18.8 Å². The molecule has 20 heavy (non-hydrogen) atoms. The molecular weight excluding hydrogens is 274 g/mol. The summed E-state index contributed by atoms with van der Waals surface area (Å²) < 4.78 is 5.37. The third kappa shape index (κ3) is 4.14. The summed E-state index contributed by atoms with van der Waals surface area (Å²) >= 11 is 1.80. The van der Waals surface area contributed by atoms with E-state index in [9.17, 15) is 9.59 Å². The Hall–Kier alpha value is -0.710. The van der Waals surface area contributed by atoms with E-state index in [4.69, 9.17) is 4.74 Å². The second kappa shape index (κ2) is 6.37. The normalized spacial score (nSPS) is 24.8. The lowest BCUT2D eigenvalue weighted by molar-refractivity contribution is -0.123. The number of piperidine rings is 1. The van der Waals surface area contributed by atoms with Crippen LogP contribution in [0.15, 0.2) is 0 Å². The highest BCUT2D eigenvalue weighted by atomic mass is 32.2. The number of amides is 1. The Bertz CT molecular complexity index is 364. The fourth-order valence-electron chi connectivity index (χ4n) is 2.74. The summed E-state index contributed by atoms with van der Waals surface area (Å²) in [6.45, 7) is 6.90. The van der Waals surface area contributed by atoms with E-state index in [0.717, 1.165) is 31.4 Å². The monoisotopic (exact) mass is 299 g/mol. The van der Waals surface area contributed by atoms with Gasteiger partial charge in [0.05, 0.1) is 5.25 Å². The zero-order valence-electron chi connectivity index (χ0n) is 12.7. The molecule has 0 bridgehead atoms. The standard InChI is InChI=1S/C15H25NO3S/c1-15(2,3)19-14(18)16-8-6-11(7-9-16)13(17)12-5-4-10-20-12/h11-12H,4-10H2,1-3H3. The van der Waals surface area contributed by atoms with Crippen molar-refractivity contribution in [2.45, 2.75) is 57.3 Å². The van der Waals surface area contributed by atoms with Gasteiger partial charge >= 0.3 is 6.09 Å². The highest BCUT2D eigenvalue weighted by Crippen LogP contribution is 2.32. The second-order valence-electron chi connectivity index (χ2n) is 6.65. The molecule has 1 atom stereocenters. The van der Waals surface area contributed by atoms with Crippen LogP contribution < -0.4 is 0 Å². The number of carbonyl (C=O) groups is 2. The lowest BCUT2D eigenvalue weighted by Crippen LogP contribution is -2.43. The third-order valence-corrected chi connectivity index (χ3v) is 5.19. The molecule has 0 spiro atoms. The van der Waals surface area contributed by atoms with Crippen molar-refractivity contribution >= 4 is 23.6 Å². The number of nitrogens with zero attached hydrogens (tertiary/aromatic N) is 1. The van der Waals surface area contributed by atoms with Crippen molar-refractivity contribution < 1.29 is 14.3 Å². The van der Waals surface area contributed by atoms with E-state index in [1.54, 1.807) is 16.7 Å². The van der Waals surface area contributed by atoms with Crippen molar-refractivity contribution in [2.24, 2.45) is 5.92 Å². The van der Waals surface area contributed by atoms with Gasteiger partial charge < -0.3 is 9.64 Å². The quantitative estimate of drug-likeness (QED) is 0.786. The van der Waals surface area contributed by atoms with E-state index in [0.29, 0.717) is 18.9 Å². The molecule has 2 heterocycles. The number of likely N-dealkylation sites (tertiary alicyclic amines) is 1. The Kier molecular flexibility index (Phi) is 4.99. The minimum absolute atomic E-state index is 0.143. The van der Waals surface area contributed by atoms with E-state index in [-0.39, 0.29) is 17.3 Å². The van der Waals surface area contributed by atoms with Crippen LogP contribution in [0.1, 0.15) is 46.5 Å². The Morgan fingerprint density at radius 1 is 1.15 bits per heavy atom. The average Bonchev–Trinajstić information content (AvgIpc) is 2.90. The molecule has 0 aromatic heterocycles. The molecule has 0 radical (unpaired) electrons. The highest BCUT2D eigenvalue weighted by molar-refractivity contribution is 8.00. The number of thioether (sulfide) groups is 1. The average molecular weight is 299 g/mol. The van der Waals surface area contributed by atoms with Gasteiger partial charge in [-0.1, -0.05) is 0 Å². The van der Waals surface area contributed by atoms with Gasteiger partial charge in [-0.3, -0.25) is 4.79 Å². The summed E-state index contributed by atoms with van der Waals surface area (Å²) in [6, 6.07) is 0. The molecular formula is C15H25NO3S. The van der Waals surface area contributed by atoms with Crippen LogP contribution in [-0.4, -0.2) is 46.5 Å². The molecule has 2 aliphatic rings. The van der Waals surface area contributed by atoms with Crippen LogP contribution in [0.2, 0.25) is 0 Å². The summed E-state index contributed by atoms with van der Waals surface area (Å²) in [7, 11) is 0. The third-order valence-electron chi connectivity index (χ3n) is 3.80. The lowest BCUT2D eigenvalue weighted by atomic mass is 9.90. The van der Waals surface area contributed by atoms with Crippen LogP contribution >= 0.6 is 11.8 Å². The van der Waals surface area contributed by atoms with Gasteiger partial charge in [0.1, 0.15) is 11.4 Å². The maximum atomic E-state index is 12.4. The van der Waals surface area contributed by atoms with Gasteiger partial charge in [-0.15, -0.1) is 0 Å². The molecule has 5 heteroatoms. The number of rotatable bonds is 2. The topological polar surface area (TPSA) is 46.6 Å². The van der Waals surface area contributed by atoms with Crippen LogP contribution in [-0.2, 0) is 9.53 Å². The summed E-state index contributed by atoms with van der Waals surface area (Å²) in [5, 5.41) is 0.216. The predicted molar refractivity (Wildman–Crippen MR) is 81.0 cm³/mol. The van der Waals surface area contributed by atoms with Crippen molar-refractivity contribution in [3.63, 3.8) is 0 Å². The van der Waals surface area contributed by atoms with Gasteiger partial charge in [-0.25, -0.2) is 4.79 Å². The van der Waals surface area contributed by atoms with E-state index >= 15 is 0 Å². The van der Waals surface area contributed by atoms with E-state index in [1.807, 2.05) is 20.8 Å². The molecule has 0 aromatic carbocycles. The van der Waals surface area contributed by atoms with Crippen LogP contribution in [0.4, 0.5) is 4.79 Å². The smallest absolute Gasteiger partial charge is 0.410 e. The SMILES string of the molecule is CC(C)(C)OC(=O)N1CCC(C(=O)C2CCCS2)CC1. The first-order valence-electron chi connectivity index (χ1n) is 7.50. The van der Waals surface area contributed by atoms with Crippen LogP contribution in [0.3, 0.4) is 0 Å². The fourth-order valence-corrected chi connectivity index (χ4v) is 4.05. The summed E-state index contributed by atoms with van der Waals surface area (Å²) in [5.41, 5.74) is -0.454. The van der Waals surface area contributed by atoms with Gasteiger partial charge in [0.15, 0.2) is 0 Å². The molecule has 114 valence electrons. The number of carbonyl (C=O) groups excluding carboxylic acids is 2. The lowest BCUT2D eigenvalue weighted by Gasteiger charge is -2.33. The van der Waals surface area contributed by atoms with Crippen molar-refractivity contribution in [1.82, 2.24) is 4.90 Å². The number of hydrogen-bond donors (Lipinski definition) is 0. The number of hydrogen-bond acceptors (Lipinski definition) is 4. The van der Waals surface area contributed by atoms with Gasteiger partial charge in [-0.05, 0) is 52.2 Å². The fraction of sp³-hybridized carbons (Fsp3) is 0.867. The molecule has 1 amide bonds. The van der Waals surface area contributed by atoms with Gasteiger partial charge in [0, 0.05) is 19.0 Å². The van der Waals surface area contributed by atoms with Crippen LogP contribution in [0.25, 0.3) is 0 Å².